The molecule has 1 aromatic carbocycles. The van der Waals surface area contributed by atoms with Crippen LogP contribution in [0.5, 0.6) is 5.75 Å². The van der Waals surface area contributed by atoms with Crippen LogP contribution in [0.25, 0.3) is 0 Å². The second-order valence-electron chi connectivity index (χ2n) is 3.87. The average molecular weight is 266 g/mol. The van der Waals surface area contributed by atoms with Gasteiger partial charge < -0.3 is 14.5 Å². The minimum absolute atomic E-state index is 0.00632. The van der Waals surface area contributed by atoms with Crippen LogP contribution in [0.1, 0.15) is 24.3 Å². The SMILES string of the molecule is CCOc1ccc(C(NC)c2ccc(Cl)o2)cc1. The predicted molar refractivity (Wildman–Crippen MR) is 72.2 cm³/mol. The molecule has 0 aliphatic heterocycles. The second kappa shape index (κ2) is 5.94. The van der Waals surface area contributed by atoms with Crippen LogP contribution in [0.2, 0.25) is 5.22 Å². The molecule has 1 heterocycles. The number of ether oxygens (including phenoxy) is 1. The number of halogens is 1. The zero-order chi connectivity index (χ0) is 13.0. The van der Waals surface area contributed by atoms with Crippen LogP contribution in [0.3, 0.4) is 0 Å². The molecule has 0 aliphatic carbocycles. The maximum atomic E-state index is 5.80. The van der Waals surface area contributed by atoms with E-state index in [1.54, 1.807) is 6.07 Å². The van der Waals surface area contributed by atoms with E-state index in [-0.39, 0.29) is 6.04 Å². The highest BCUT2D eigenvalue weighted by atomic mass is 35.5. The minimum Gasteiger partial charge on any atom is -0.494 e. The molecule has 1 aromatic heterocycles. The van der Waals surface area contributed by atoms with Gasteiger partial charge in [-0.15, -0.1) is 0 Å². The number of hydrogen-bond donors (Lipinski definition) is 1. The molecule has 0 spiro atoms. The third-order valence-corrected chi connectivity index (χ3v) is 2.89. The van der Waals surface area contributed by atoms with Crippen LogP contribution in [-0.2, 0) is 0 Å². The van der Waals surface area contributed by atoms with Gasteiger partial charge in [0.15, 0.2) is 5.22 Å². The van der Waals surface area contributed by atoms with Crippen molar-refractivity contribution in [1.29, 1.82) is 0 Å². The molecule has 4 heteroatoms. The highest BCUT2D eigenvalue weighted by molar-refractivity contribution is 6.28. The van der Waals surface area contributed by atoms with Crippen molar-refractivity contribution in [2.24, 2.45) is 0 Å². The van der Waals surface area contributed by atoms with Crippen LogP contribution >= 0.6 is 11.6 Å². The van der Waals surface area contributed by atoms with Crippen molar-refractivity contribution in [3.05, 3.63) is 52.9 Å². The second-order valence-corrected chi connectivity index (χ2v) is 4.24. The van der Waals surface area contributed by atoms with E-state index in [0.29, 0.717) is 11.8 Å². The number of hydrogen-bond acceptors (Lipinski definition) is 3. The van der Waals surface area contributed by atoms with E-state index in [2.05, 4.69) is 5.32 Å². The zero-order valence-corrected chi connectivity index (χ0v) is 11.2. The summed E-state index contributed by atoms with van der Waals surface area (Å²) in [6.07, 6.45) is 0. The third kappa shape index (κ3) is 2.86. The van der Waals surface area contributed by atoms with Crippen LogP contribution in [-0.4, -0.2) is 13.7 Å². The van der Waals surface area contributed by atoms with E-state index in [9.17, 15) is 0 Å². The molecule has 18 heavy (non-hydrogen) atoms. The molecule has 0 saturated heterocycles. The molecule has 1 atom stereocenters. The lowest BCUT2D eigenvalue weighted by Crippen LogP contribution is -2.16. The van der Waals surface area contributed by atoms with E-state index < -0.39 is 0 Å². The summed E-state index contributed by atoms with van der Waals surface area (Å²) >= 11 is 5.80. The van der Waals surface area contributed by atoms with Gasteiger partial charge in [-0.2, -0.15) is 0 Å². The van der Waals surface area contributed by atoms with E-state index in [4.69, 9.17) is 20.8 Å². The van der Waals surface area contributed by atoms with Crippen molar-refractivity contribution < 1.29 is 9.15 Å². The number of nitrogens with one attached hydrogen (secondary N) is 1. The van der Waals surface area contributed by atoms with E-state index in [0.717, 1.165) is 17.1 Å². The first-order chi connectivity index (χ1) is 8.74. The maximum Gasteiger partial charge on any atom is 0.193 e. The number of rotatable bonds is 5. The van der Waals surface area contributed by atoms with Crippen molar-refractivity contribution in [3.8, 4) is 5.75 Å². The number of benzene rings is 1. The van der Waals surface area contributed by atoms with Crippen molar-refractivity contribution in [3.63, 3.8) is 0 Å². The molecule has 0 bridgehead atoms. The Morgan fingerprint density at radius 2 is 1.94 bits per heavy atom. The van der Waals surface area contributed by atoms with Gasteiger partial charge >= 0.3 is 0 Å². The third-order valence-electron chi connectivity index (χ3n) is 2.69. The van der Waals surface area contributed by atoms with Gasteiger partial charge in [-0.05, 0) is 55.4 Å². The first-order valence-corrected chi connectivity index (χ1v) is 6.27. The average Bonchev–Trinajstić information content (AvgIpc) is 2.79. The van der Waals surface area contributed by atoms with Crippen molar-refractivity contribution >= 4 is 11.6 Å². The molecule has 1 unspecified atom stereocenters. The summed E-state index contributed by atoms with van der Waals surface area (Å²) in [6.45, 7) is 2.64. The van der Waals surface area contributed by atoms with Gasteiger partial charge in [0.1, 0.15) is 11.5 Å². The van der Waals surface area contributed by atoms with E-state index in [1.165, 1.54) is 0 Å². The van der Waals surface area contributed by atoms with Crippen LogP contribution < -0.4 is 10.1 Å². The van der Waals surface area contributed by atoms with E-state index >= 15 is 0 Å². The van der Waals surface area contributed by atoms with Gasteiger partial charge in [0.05, 0.1) is 12.6 Å². The van der Waals surface area contributed by atoms with Gasteiger partial charge in [-0.1, -0.05) is 12.1 Å². The molecular weight excluding hydrogens is 250 g/mol. The quantitative estimate of drug-likeness (QED) is 0.896. The highest BCUT2D eigenvalue weighted by Gasteiger charge is 2.15. The lowest BCUT2D eigenvalue weighted by Gasteiger charge is -2.14. The molecule has 0 aliphatic rings. The lowest BCUT2D eigenvalue weighted by atomic mass is 10.0. The molecule has 3 nitrogen and oxygen atoms in total. The van der Waals surface area contributed by atoms with Crippen LogP contribution in [0.15, 0.2) is 40.8 Å². The molecule has 0 radical (unpaired) electrons. The molecule has 2 aromatic rings. The Kier molecular flexibility index (Phi) is 4.28. The van der Waals surface area contributed by atoms with Gasteiger partial charge in [0, 0.05) is 0 Å². The summed E-state index contributed by atoms with van der Waals surface area (Å²) in [6, 6.07) is 11.6. The van der Waals surface area contributed by atoms with Crippen molar-refractivity contribution in [1.82, 2.24) is 5.32 Å². The summed E-state index contributed by atoms with van der Waals surface area (Å²) in [5.74, 6) is 1.67. The Morgan fingerprint density at radius 1 is 1.22 bits per heavy atom. The normalized spacial score (nSPS) is 12.4. The minimum atomic E-state index is -0.00632. The summed E-state index contributed by atoms with van der Waals surface area (Å²) in [7, 11) is 1.89. The number of furan rings is 1. The van der Waals surface area contributed by atoms with Gasteiger partial charge in [-0.3, -0.25) is 0 Å². The monoisotopic (exact) mass is 265 g/mol. The molecule has 0 fully saturated rings. The fourth-order valence-corrected chi connectivity index (χ4v) is 2.03. The highest BCUT2D eigenvalue weighted by Crippen LogP contribution is 2.26. The molecular formula is C14H16ClNO2. The van der Waals surface area contributed by atoms with Gasteiger partial charge in [0.2, 0.25) is 0 Å². The molecule has 0 amide bonds. The Labute approximate surface area is 112 Å². The molecule has 96 valence electrons. The summed E-state index contributed by atoms with van der Waals surface area (Å²) in [5, 5.41) is 3.61. The van der Waals surface area contributed by atoms with Gasteiger partial charge in [0.25, 0.3) is 0 Å². The Morgan fingerprint density at radius 3 is 2.44 bits per heavy atom. The first-order valence-electron chi connectivity index (χ1n) is 5.90. The summed E-state index contributed by atoms with van der Waals surface area (Å²) in [5.41, 5.74) is 1.10. The van der Waals surface area contributed by atoms with Crippen LogP contribution in [0, 0.1) is 0 Å². The van der Waals surface area contributed by atoms with Crippen LogP contribution in [0.4, 0.5) is 0 Å². The summed E-state index contributed by atoms with van der Waals surface area (Å²) < 4.78 is 10.9. The predicted octanol–water partition coefficient (Wildman–Crippen LogP) is 3.64. The fourth-order valence-electron chi connectivity index (χ4n) is 1.88. The Hall–Kier alpha value is -1.45. The molecule has 2 rings (SSSR count). The maximum absolute atomic E-state index is 5.80. The standard InChI is InChI=1S/C14H16ClNO2/c1-3-17-11-6-4-10(5-7-11)14(16-2)12-8-9-13(15)18-12/h4-9,14,16H,3H2,1-2H3. The van der Waals surface area contributed by atoms with Crippen molar-refractivity contribution in [2.75, 3.05) is 13.7 Å². The van der Waals surface area contributed by atoms with Crippen molar-refractivity contribution in [2.45, 2.75) is 13.0 Å². The first kappa shape index (κ1) is 13.0. The zero-order valence-electron chi connectivity index (χ0n) is 10.4. The molecule has 1 N–H and O–H groups in total. The largest absolute Gasteiger partial charge is 0.494 e. The smallest absolute Gasteiger partial charge is 0.193 e. The Balaban J connectivity index is 2.22. The summed E-state index contributed by atoms with van der Waals surface area (Å²) in [4.78, 5) is 0. The topological polar surface area (TPSA) is 34.4 Å². The van der Waals surface area contributed by atoms with E-state index in [1.807, 2.05) is 44.3 Å². The fraction of sp³-hybridized carbons (Fsp3) is 0.286. The lowest BCUT2D eigenvalue weighted by molar-refractivity contribution is 0.340. The van der Waals surface area contributed by atoms with Gasteiger partial charge in [-0.25, -0.2) is 0 Å². The molecule has 0 saturated carbocycles. The Bertz CT molecular complexity index is 493.